The molecule has 1 aliphatic carbocycles. The van der Waals surface area contributed by atoms with E-state index in [4.69, 9.17) is 21.3 Å². The molecule has 1 aliphatic rings. The third-order valence-corrected chi connectivity index (χ3v) is 8.32. The van der Waals surface area contributed by atoms with Crippen molar-refractivity contribution in [3.8, 4) is 5.75 Å². The first-order valence-electron chi connectivity index (χ1n) is 11.9. The molecule has 8 heteroatoms. The van der Waals surface area contributed by atoms with Crippen molar-refractivity contribution in [3.05, 3.63) is 108 Å². The fourth-order valence-corrected chi connectivity index (χ4v) is 6.76. The fourth-order valence-electron chi connectivity index (χ4n) is 4.31. The molecule has 1 aromatic heterocycles. The molecule has 0 unspecified atom stereocenters. The van der Waals surface area contributed by atoms with E-state index in [1.807, 2.05) is 30.3 Å². The smallest absolute Gasteiger partial charge is 0.259 e. The van der Waals surface area contributed by atoms with Crippen LogP contribution in [0.3, 0.4) is 0 Å². The molecule has 0 fully saturated rings. The second-order valence-corrected chi connectivity index (χ2v) is 11.3. The van der Waals surface area contributed by atoms with Gasteiger partial charge in [0.15, 0.2) is 0 Å². The number of para-hydroxylation sites is 1. The van der Waals surface area contributed by atoms with Gasteiger partial charge in [-0.05, 0) is 84.2 Å². The molecule has 0 bridgehead atoms. The minimum Gasteiger partial charge on any atom is -0.487 e. The summed E-state index contributed by atoms with van der Waals surface area (Å²) in [5.74, 6) is 0.0861. The van der Waals surface area contributed by atoms with Crippen molar-refractivity contribution in [3.63, 3.8) is 0 Å². The summed E-state index contributed by atoms with van der Waals surface area (Å²) < 4.78 is 21.0. The van der Waals surface area contributed by atoms with E-state index in [2.05, 4.69) is 27.9 Å². The molecule has 0 saturated carbocycles. The van der Waals surface area contributed by atoms with Crippen LogP contribution in [-0.2, 0) is 19.4 Å². The van der Waals surface area contributed by atoms with E-state index < -0.39 is 0 Å². The minimum atomic E-state index is -0.320. The van der Waals surface area contributed by atoms with Crippen molar-refractivity contribution >= 4 is 68.3 Å². The normalized spacial score (nSPS) is 12.9. The van der Waals surface area contributed by atoms with Gasteiger partial charge in [-0.2, -0.15) is 0 Å². The van der Waals surface area contributed by atoms with E-state index in [1.165, 1.54) is 10.9 Å². The van der Waals surface area contributed by atoms with Gasteiger partial charge >= 0.3 is 0 Å². The summed E-state index contributed by atoms with van der Waals surface area (Å²) >= 11 is 10.1. The Kier molecular flexibility index (Phi) is 8.22. The van der Waals surface area contributed by atoms with Gasteiger partial charge in [0, 0.05) is 32.9 Å². The Labute approximate surface area is 237 Å². The number of aliphatic imine (C=N–C) groups is 1. The maximum absolute atomic E-state index is 14.1. The molecular formula is C29H23ClFIN2O2S. The van der Waals surface area contributed by atoms with Crippen molar-refractivity contribution in [1.82, 2.24) is 0 Å². The highest BCUT2D eigenvalue weighted by molar-refractivity contribution is 14.1. The first-order chi connectivity index (χ1) is 18.0. The van der Waals surface area contributed by atoms with Gasteiger partial charge in [0.05, 0.1) is 9.13 Å². The Morgan fingerprint density at radius 1 is 1.11 bits per heavy atom. The number of hydrogen-bond donors (Lipinski definition) is 1. The highest BCUT2D eigenvalue weighted by atomic mass is 127. The predicted molar refractivity (Wildman–Crippen MR) is 158 cm³/mol. The van der Waals surface area contributed by atoms with Crippen LogP contribution in [0.15, 0.2) is 71.7 Å². The van der Waals surface area contributed by atoms with Gasteiger partial charge in [-0.3, -0.25) is 4.79 Å². The molecular weight excluding hydrogens is 622 g/mol. The molecule has 0 saturated heterocycles. The van der Waals surface area contributed by atoms with Crippen molar-refractivity contribution in [1.29, 1.82) is 0 Å². The van der Waals surface area contributed by atoms with Gasteiger partial charge in [0.25, 0.3) is 5.91 Å². The van der Waals surface area contributed by atoms with Crippen LogP contribution >= 0.6 is 45.5 Å². The molecule has 3 aromatic carbocycles. The third kappa shape index (κ3) is 6.05. The number of carbonyl (C=O) groups excluding carboxylic acids is 1. The molecule has 0 aliphatic heterocycles. The van der Waals surface area contributed by atoms with Crippen molar-refractivity contribution in [2.45, 2.75) is 32.3 Å². The van der Waals surface area contributed by atoms with Gasteiger partial charge < -0.3 is 10.1 Å². The number of hydrogen-bond acceptors (Lipinski definition) is 4. The Balaban J connectivity index is 1.48. The van der Waals surface area contributed by atoms with Gasteiger partial charge in [-0.15, -0.1) is 11.3 Å². The average molecular weight is 645 g/mol. The number of rotatable bonds is 7. The lowest BCUT2D eigenvalue weighted by Gasteiger charge is -2.13. The van der Waals surface area contributed by atoms with Crippen molar-refractivity contribution < 1.29 is 13.9 Å². The second-order valence-electron chi connectivity index (χ2n) is 8.66. The first-order valence-corrected chi connectivity index (χ1v) is 14.2. The Hall–Kier alpha value is -2.75. The van der Waals surface area contributed by atoms with Crippen LogP contribution in [0.1, 0.15) is 44.8 Å². The molecule has 1 amide bonds. The number of amides is 1. The van der Waals surface area contributed by atoms with Crippen molar-refractivity contribution in [2.24, 2.45) is 4.99 Å². The van der Waals surface area contributed by atoms with Crippen molar-refractivity contribution in [2.75, 3.05) is 5.32 Å². The zero-order valence-corrected chi connectivity index (χ0v) is 23.5. The number of anilines is 1. The van der Waals surface area contributed by atoms with E-state index >= 15 is 0 Å². The fraction of sp³-hybridized carbons (Fsp3) is 0.172. The summed E-state index contributed by atoms with van der Waals surface area (Å²) in [6.45, 7) is 0.0726. The Morgan fingerprint density at radius 2 is 1.86 bits per heavy atom. The number of carbonyl (C=O) groups is 1. The van der Waals surface area contributed by atoms with E-state index in [0.717, 1.165) is 40.5 Å². The number of ether oxygens (including phenoxy) is 1. The van der Waals surface area contributed by atoms with Crippen LogP contribution < -0.4 is 10.1 Å². The molecule has 0 spiro atoms. The standard InChI is InChI=1S/C29H23ClFIN2O2S/c30-20-14-19(27(24(32)15-20)36-17-18-8-4-6-12-23(18)31)16-33-29-26(22-11-5-7-13-25(22)37-29)28(35)34-21-9-2-1-3-10-21/h1-4,6,8-10,12,14-16H,5,7,11,13,17H2,(H,34,35). The number of aryl methyl sites for hydroxylation is 1. The summed E-state index contributed by atoms with van der Waals surface area (Å²) in [7, 11) is 0. The highest BCUT2D eigenvalue weighted by Crippen LogP contribution is 2.40. The van der Waals surface area contributed by atoms with Crippen LogP contribution in [-0.4, -0.2) is 12.1 Å². The highest BCUT2D eigenvalue weighted by Gasteiger charge is 2.25. The van der Waals surface area contributed by atoms with Crippen LogP contribution in [0.25, 0.3) is 0 Å². The SMILES string of the molecule is O=C(Nc1ccccc1)c1c(N=Cc2cc(Cl)cc(I)c2OCc2ccccc2F)sc2c1CCCC2. The largest absolute Gasteiger partial charge is 0.487 e. The van der Waals surface area contributed by atoms with Gasteiger partial charge in [-0.1, -0.05) is 48.0 Å². The Bertz CT molecular complexity index is 1470. The van der Waals surface area contributed by atoms with Gasteiger partial charge in [0.2, 0.25) is 0 Å². The molecule has 5 rings (SSSR count). The number of halogens is 3. The van der Waals surface area contributed by atoms with E-state index in [1.54, 1.807) is 47.9 Å². The van der Waals surface area contributed by atoms with Crippen LogP contribution in [0.4, 0.5) is 15.1 Å². The predicted octanol–water partition coefficient (Wildman–Crippen LogP) is 8.61. The summed E-state index contributed by atoms with van der Waals surface area (Å²) in [5.41, 5.74) is 3.58. The van der Waals surface area contributed by atoms with E-state index in [9.17, 15) is 9.18 Å². The number of fused-ring (bicyclic) bond motifs is 1. The molecule has 4 aromatic rings. The number of benzene rings is 3. The third-order valence-electron chi connectivity index (χ3n) is 6.10. The maximum atomic E-state index is 14.1. The van der Waals surface area contributed by atoms with Gasteiger partial charge in [-0.25, -0.2) is 9.38 Å². The molecule has 1 heterocycles. The maximum Gasteiger partial charge on any atom is 0.259 e. The lowest BCUT2D eigenvalue weighted by Crippen LogP contribution is -2.14. The van der Waals surface area contributed by atoms with Crippen LogP contribution in [0.2, 0.25) is 5.02 Å². The summed E-state index contributed by atoms with van der Waals surface area (Å²) in [6, 6.07) is 19.5. The second kappa shape index (κ2) is 11.8. The summed E-state index contributed by atoms with van der Waals surface area (Å²) in [6.07, 6.45) is 5.66. The molecule has 0 radical (unpaired) electrons. The first kappa shape index (κ1) is 25.9. The minimum absolute atomic E-state index is 0.0726. The molecule has 0 atom stereocenters. The average Bonchev–Trinajstić information content (AvgIpc) is 3.27. The molecule has 1 N–H and O–H groups in total. The Morgan fingerprint density at radius 3 is 2.68 bits per heavy atom. The number of nitrogens with one attached hydrogen (secondary N) is 1. The topological polar surface area (TPSA) is 50.7 Å². The summed E-state index contributed by atoms with van der Waals surface area (Å²) in [5, 5.41) is 4.22. The van der Waals surface area contributed by atoms with Gasteiger partial charge in [0.1, 0.15) is 23.2 Å². The summed E-state index contributed by atoms with van der Waals surface area (Å²) in [4.78, 5) is 19.4. The lowest BCUT2D eigenvalue weighted by atomic mass is 9.95. The monoisotopic (exact) mass is 644 g/mol. The number of thiophene rings is 1. The van der Waals surface area contributed by atoms with Crippen LogP contribution in [0.5, 0.6) is 5.75 Å². The lowest BCUT2D eigenvalue weighted by molar-refractivity contribution is 0.102. The quantitative estimate of drug-likeness (QED) is 0.162. The zero-order chi connectivity index (χ0) is 25.8. The van der Waals surface area contributed by atoms with Crippen LogP contribution in [0, 0.1) is 9.39 Å². The number of nitrogens with zero attached hydrogens (tertiary/aromatic N) is 1. The zero-order valence-electron chi connectivity index (χ0n) is 19.8. The van der Waals surface area contributed by atoms with E-state index in [0.29, 0.717) is 32.5 Å². The molecule has 37 heavy (non-hydrogen) atoms. The molecule has 188 valence electrons. The molecule has 4 nitrogen and oxygen atoms in total. The van der Waals surface area contributed by atoms with E-state index in [-0.39, 0.29) is 18.3 Å².